The third-order valence-electron chi connectivity index (χ3n) is 2.75. The number of aliphatic hydroxyl groups excluding tert-OH is 1. The van der Waals surface area contributed by atoms with Crippen molar-refractivity contribution in [3.63, 3.8) is 0 Å². The summed E-state index contributed by atoms with van der Waals surface area (Å²) >= 11 is 0. The van der Waals surface area contributed by atoms with Crippen molar-refractivity contribution in [1.29, 1.82) is 0 Å². The van der Waals surface area contributed by atoms with Crippen LogP contribution < -0.4 is 5.32 Å². The van der Waals surface area contributed by atoms with Gasteiger partial charge in [0.25, 0.3) is 0 Å². The first-order valence-corrected chi connectivity index (χ1v) is 6.07. The zero-order valence-corrected chi connectivity index (χ0v) is 11.0. The van der Waals surface area contributed by atoms with Crippen molar-refractivity contribution in [1.82, 2.24) is 9.97 Å². The van der Waals surface area contributed by atoms with E-state index in [4.69, 9.17) is 0 Å². The second-order valence-corrected chi connectivity index (χ2v) is 4.07. The Morgan fingerprint density at radius 1 is 1.30 bits per heavy atom. The molecule has 6 heteroatoms. The highest BCUT2D eigenvalue weighted by Gasteiger charge is 2.12. The van der Waals surface area contributed by atoms with E-state index in [0.29, 0.717) is 5.82 Å². The van der Waals surface area contributed by atoms with E-state index in [1.54, 1.807) is 0 Å². The number of rotatable bonds is 5. The maximum Gasteiger partial charge on any atom is 0.358 e. The summed E-state index contributed by atoms with van der Waals surface area (Å²) in [4.78, 5) is 19.3. The maximum absolute atomic E-state index is 11.2. The number of benzene rings is 1. The number of methoxy groups -OCH3 is 1. The van der Waals surface area contributed by atoms with Gasteiger partial charge in [-0.3, -0.25) is 0 Å². The average Bonchev–Trinajstić information content (AvgIpc) is 2.53. The Morgan fingerprint density at radius 3 is 2.60 bits per heavy atom. The van der Waals surface area contributed by atoms with Crippen LogP contribution in [0.5, 0.6) is 0 Å². The molecule has 1 aromatic carbocycles. The van der Waals surface area contributed by atoms with Gasteiger partial charge >= 0.3 is 5.97 Å². The number of hydrogen-bond donors (Lipinski definition) is 2. The first kappa shape index (κ1) is 14.0. The van der Waals surface area contributed by atoms with E-state index in [2.05, 4.69) is 20.0 Å². The monoisotopic (exact) mass is 273 g/mol. The fourth-order valence-electron chi connectivity index (χ4n) is 1.71. The van der Waals surface area contributed by atoms with Gasteiger partial charge in [-0.05, 0) is 5.56 Å². The van der Waals surface area contributed by atoms with E-state index in [-0.39, 0.29) is 18.3 Å². The van der Waals surface area contributed by atoms with Crippen molar-refractivity contribution in [3.8, 4) is 0 Å². The van der Waals surface area contributed by atoms with Gasteiger partial charge in [-0.25, -0.2) is 14.8 Å². The molecule has 0 spiro atoms. The minimum absolute atomic E-state index is 0.0789. The van der Waals surface area contributed by atoms with Crippen LogP contribution in [0.3, 0.4) is 0 Å². The van der Waals surface area contributed by atoms with Gasteiger partial charge in [0, 0.05) is 0 Å². The highest BCUT2D eigenvalue weighted by molar-refractivity contribution is 5.86. The average molecular weight is 273 g/mol. The molecule has 1 unspecified atom stereocenters. The molecule has 1 heterocycles. The smallest absolute Gasteiger partial charge is 0.358 e. The van der Waals surface area contributed by atoms with Gasteiger partial charge in [0.2, 0.25) is 0 Å². The molecular formula is C14H15N3O3. The van der Waals surface area contributed by atoms with Crippen molar-refractivity contribution in [3.05, 3.63) is 54.0 Å². The van der Waals surface area contributed by atoms with Gasteiger partial charge in [-0.2, -0.15) is 0 Å². The Bertz CT molecular complexity index is 558. The highest BCUT2D eigenvalue weighted by atomic mass is 16.5. The van der Waals surface area contributed by atoms with Crippen molar-refractivity contribution < 1.29 is 14.6 Å². The molecule has 0 aliphatic heterocycles. The van der Waals surface area contributed by atoms with Gasteiger partial charge in [0.15, 0.2) is 5.69 Å². The number of esters is 1. The van der Waals surface area contributed by atoms with Crippen LogP contribution in [0.25, 0.3) is 0 Å². The molecule has 0 saturated carbocycles. The molecule has 0 fully saturated rings. The summed E-state index contributed by atoms with van der Waals surface area (Å²) in [6.45, 7) is -0.0789. The van der Waals surface area contributed by atoms with Crippen LogP contribution in [-0.2, 0) is 4.74 Å². The lowest BCUT2D eigenvalue weighted by Gasteiger charge is -2.17. The Labute approximate surface area is 116 Å². The van der Waals surface area contributed by atoms with Crippen molar-refractivity contribution in [2.45, 2.75) is 6.04 Å². The van der Waals surface area contributed by atoms with Crippen LogP contribution in [0.15, 0.2) is 42.7 Å². The molecule has 0 radical (unpaired) electrons. The Morgan fingerprint density at radius 2 is 2.05 bits per heavy atom. The minimum Gasteiger partial charge on any atom is -0.464 e. The summed E-state index contributed by atoms with van der Waals surface area (Å²) in [5.74, 6) is -0.0635. The van der Waals surface area contributed by atoms with E-state index in [0.717, 1.165) is 5.56 Å². The standard InChI is InChI=1S/C14H15N3O3/c1-20-14(19)11-7-16-13(8-15-11)17-12(9-18)10-5-3-2-4-6-10/h2-8,12,18H,9H2,1H3,(H,16,17). The third-order valence-corrected chi connectivity index (χ3v) is 2.75. The summed E-state index contributed by atoms with van der Waals surface area (Å²) in [6.07, 6.45) is 2.76. The second kappa shape index (κ2) is 6.63. The molecule has 20 heavy (non-hydrogen) atoms. The molecule has 0 amide bonds. The van der Waals surface area contributed by atoms with Gasteiger partial charge in [-0.1, -0.05) is 30.3 Å². The molecule has 0 aliphatic carbocycles. The lowest BCUT2D eigenvalue weighted by Crippen LogP contribution is -2.16. The summed E-state index contributed by atoms with van der Waals surface area (Å²) in [6, 6.07) is 9.23. The van der Waals surface area contributed by atoms with Gasteiger partial charge in [0.1, 0.15) is 5.82 Å². The minimum atomic E-state index is -0.536. The molecule has 1 aromatic heterocycles. The quantitative estimate of drug-likeness (QED) is 0.801. The molecular weight excluding hydrogens is 258 g/mol. The molecule has 0 bridgehead atoms. The Balaban J connectivity index is 2.10. The summed E-state index contributed by atoms with van der Waals surface area (Å²) in [5, 5.41) is 12.5. The van der Waals surface area contributed by atoms with Crippen LogP contribution in [0.4, 0.5) is 5.82 Å². The number of carbonyl (C=O) groups excluding carboxylic acids is 1. The molecule has 1 atom stereocenters. The number of nitrogens with zero attached hydrogens (tertiary/aromatic N) is 2. The normalized spacial score (nSPS) is 11.7. The summed E-state index contributed by atoms with van der Waals surface area (Å²) < 4.78 is 4.55. The van der Waals surface area contributed by atoms with Gasteiger partial charge in [-0.15, -0.1) is 0 Å². The van der Waals surface area contributed by atoms with E-state index < -0.39 is 5.97 Å². The van der Waals surface area contributed by atoms with E-state index in [1.165, 1.54) is 19.5 Å². The molecule has 104 valence electrons. The first-order chi connectivity index (χ1) is 9.74. The Kier molecular flexibility index (Phi) is 4.62. The zero-order chi connectivity index (χ0) is 14.4. The summed E-state index contributed by atoms with van der Waals surface area (Å²) in [7, 11) is 1.29. The van der Waals surface area contributed by atoms with E-state index in [9.17, 15) is 9.90 Å². The third kappa shape index (κ3) is 3.30. The molecule has 2 rings (SSSR count). The van der Waals surface area contributed by atoms with Gasteiger partial charge in [0.05, 0.1) is 32.2 Å². The van der Waals surface area contributed by atoms with Crippen LogP contribution in [0.2, 0.25) is 0 Å². The fraction of sp³-hybridized carbons (Fsp3) is 0.214. The lowest BCUT2D eigenvalue weighted by molar-refractivity contribution is 0.0593. The molecule has 6 nitrogen and oxygen atoms in total. The van der Waals surface area contributed by atoms with Crippen molar-refractivity contribution >= 4 is 11.8 Å². The predicted octanol–water partition coefficient (Wildman–Crippen LogP) is 1.41. The lowest BCUT2D eigenvalue weighted by atomic mass is 10.1. The number of carbonyl (C=O) groups is 1. The van der Waals surface area contributed by atoms with E-state index in [1.807, 2.05) is 30.3 Å². The molecule has 0 saturated heterocycles. The first-order valence-electron chi connectivity index (χ1n) is 6.07. The zero-order valence-electron chi connectivity index (χ0n) is 11.0. The molecule has 2 aromatic rings. The molecule has 2 N–H and O–H groups in total. The number of anilines is 1. The van der Waals surface area contributed by atoms with Crippen LogP contribution in [-0.4, -0.2) is 34.8 Å². The van der Waals surface area contributed by atoms with Crippen molar-refractivity contribution in [2.75, 3.05) is 19.0 Å². The molecule has 0 aliphatic rings. The maximum atomic E-state index is 11.2. The largest absolute Gasteiger partial charge is 0.464 e. The number of aliphatic hydroxyl groups is 1. The topological polar surface area (TPSA) is 84.3 Å². The van der Waals surface area contributed by atoms with E-state index >= 15 is 0 Å². The number of ether oxygens (including phenoxy) is 1. The van der Waals surface area contributed by atoms with Crippen molar-refractivity contribution in [2.24, 2.45) is 0 Å². The number of hydrogen-bond acceptors (Lipinski definition) is 6. The predicted molar refractivity (Wildman–Crippen MR) is 73.3 cm³/mol. The van der Waals surface area contributed by atoms with Crippen LogP contribution in [0.1, 0.15) is 22.1 Å². The SMILES string of the molecule is COC(=O)c1cnc(NC(CO)c2ccccc2)cn1. The van der Waals surface area contributed by atoms with Crippen LogP contribution in [0, 0.1) is 0 Å². The second-order valence-electron chi connectivity index (χ2n) is 4.07. The Hall–Kier alpha value is -2.47. The fourth-order valence-corrected chi connectivity index (χ4v) is 1.71. The van der Waals surface area contributed by atoms with Crippen LogP contribution >= 0.6 is 0 Å². The number of aromatic nitrogens is 2. The highest BCUT2D eigenvalue weighted by Crippen LogP contribution is 2.17. The van der Waals surface area contributed by atoms with Gasteiger partial charge < -0.3 is 15.2 Å². The summed E-state index contributed by atoms with van der Waals surface area (Å²) in [5.41, 5.74) is 1.08. The number of nitrogens with one attached hydrogen (secondary N) is 1.